The van der Waals surface area contributed by atoms with Crippen molar-refractivity contribution in [2.75, 3.05) is 47.3 Å². The van der Waals surface area contributed by atoms with Gasteiger partial charge in [-0.05, 0) is 19.9 Å². The quantitative estimate of drug-likeness (QED) is 0.831. The Morgan fingerprint density at radius 1 is 1.19 bits per heavy atom. The number of imidazole rings is 1. The summed E-state index contributed by atoms with van der Waals surface area (Å²) in [5, 5.41) is 0. The van der Waals surface area contributed by atoms with Gasteiger partial charge in [-0.1, -0.05) is 30.3 Å². The first kappa shape index (κ1) is 18.2. The van der Waals surface area contributed by atoms with Crippen LogP contribution in [0.2, 0.25) is 0 Å². The third kappa shape index (κ3) is 3.39. The van der Waals surface area contributed by atoms with Gasteiger partial charge < -0.3 is 9.47 Å². The van der Waals surface area contributed by atoms with Crippen LogP contribution in [0.5, 0.6) is 0 Å². The first-order valence-corrected chi connectivity index (χ1v) is 9.72. The van der Waals surface area contributed by atoms with E-state index in [1.165, 1.54) is 11.3 Å². The molecule has 0 saturated carbocycles. The predicted molar refractivity (Wildman–Crippen MR) is 106 cm³/mol. The standard InChI is InChI=1S/C21H29N5O/c1-23(2)19(27)14-25-11-9-21(10-12-25)15-24(3)13-18-20(22-16-26(18)21)17-7-5-4-6-8-17/h4-8,16H,9-15H2,1-3H3. The zero-order valence-electron chi connectivity index (χ0n) is 16.6. The van der Waals surface area contributed by atoms with Crippen molar-refractivity contribution in [2.45, 2.75) is 24.9 Å². The summed E-state index contributed by atoms with van der Waals surface area (Å²) in [5.41, 5.74) is 3.69. The van der Waals surface area contributed by atoms with Crippen LogP contribution in [0, 0.1) is 0 Å². The first-order valence-electron chi connectivity index (χ1n) is 9.72. The molecule has 1 saturated heterocycles. The molecule has 1 fully saturated rings. The number of carbonyl (C=O) groups is 1. The highest BCUT2D eigenvalue weighted by Gasteiger charge is 2.42. The van der Waals surface area contributed by atoms with E-state index < -0.39 is 0 Å². The minimum absolute atomic E-state index is 0.0834. The van der Waals surface area contributed by atoms with Gasteiger partial charge in [-0.25, -0.2) is 4.98 Å². The summed E-state index contributed by atoms with van der Waals surface area (Å²) in [6, 6.07) is 10.5. The third-order valence-corrected chi connectivity index (χ3v) is 6.05. The molecule has 2 aliphatic rings. The molecule has 2 aromatic rings. The Morgan fingerprint density at radius 2 is 1.89 bits per heavy atom. The second kappa shape index (κ2) is 7.09. The van der Waals surface area contributed by atoms with E-state index >= 15 is 0 Å². The number of aromatic nitrogens is 2. The molecular formula is C21H29N5O. The molecule has 1 amide bonds. The maximum atomic E-state index is 12.1. The van der Waals surface area contributed by atoms with Crippen LogP contribution in [0.4, 0.5) is 0 Å². The van der Waals surface area contributed by atoms with Gasteiger partial charge in [0.2, 0.25) is 5.91 Å². The maximum absolute atomic E-state index is 12.1. The van der Waals surface area contributed by atoms with Crippen LogP contribution in [-0.4, -0.2) is 77.5 Å². The molecule has 0 N–H and O–H groups in total. The molecule has 6 nitrogen and oxygen atoms in total. The van der Waals surface area contributed by atoms with E-state index in [0.717, 1.165) is 44.7 Å². The lowest BCUT2D eigenvalue weighted by atomic mass is 9.84. The normalized spacial score (nSPS) is 19.8. The molecule has 0 atom stereocenters. The Hall–Kier alpha value is -2.18. The minimum atomic E-state index is 0.0834. The number of rotatable bonds is 3. The largest absolute Gasteiger partial charge is 0.348 e. The fourth-order valence-corrected chi connectivity index (χ4v) is 4.52. The van der Waals surface area contributed by atoms with Crippen molar-refractivity contribution in [2.24, 2.45) is 0 Å². The minimum Gasteiger partial charge on any atom is -0.348 e. The van der Waals surface area contributed by atoms with E-state index in [1.807, 2.05) is 26.5 Å². The lowest BCUT2D eigenvalue weighted by molar-refractivity contribution is -0.130. The summed E-state index contributed by atoms with van der Waals surface area (Å²) in [6.45, 7) is 4.39. The van der Waals surface area contributed by atoms with Gasteiger partial charge in [-0.3, -0.25) is 14.6 Å². The summed E-state index contributed by atoms with van der Waals surface area (Å²) in [7, 11) is 5.86. The van der Waals surface area contributed by atoms with Gasteiger partial charge in [-0.2, -0.15) is 0 Å². The van der Waals surface area contributed by atoms with Crippen LogP contribution >= 0.6 is 0 Å². The van der Waals surface area contributed by atoms with Crippen molar-refractivity contribution in [3.05, 3.63) is 42.4 Å². The van der Waals surface area contributed by atoms with Crippen molar-refractivity contribution in [1.82, 2.24) is 24.3 Å². The topological polar surface area (TPSA) is 44.6 Å². The molecule has 144 valence electrons. The van der Waals surface area contributed by atoms with Crippen molar-refractivity contribution < 1.29 is 4.79 Å². The zero-order valence-corrected chi connectivity index (χ0v) is 16.6. The number of likely N-dealkylation sites (tertiary alicyclic amines) is 1. The summed E-state index contributed by atoms with van der Waals surface area (Å²) < 4.78 is 2.44. The molecule has 1 aromatic carbocycles. The van der Waals surface area contributed by atoms with Gasteiger partial charge in [-0.15, -0.1) is 0 Å². The van der Waals surface area contributed by atoms with Gasteiger partial charge in [0.15, 0.2) is 0 Å². The number of amides is 1. The summed E-state index contributed by atoms with van der Waals surface area (Å²) in [4.78, 5) is 23.2. The highest BCUT2D eigenvalue weighted by molar-refractivity contribution is 5.77. The maximum Gasteiger partial charge on any atom is 0.236 e. The van der Waals surface area contributed by atoms with Gasteiger partial charge in [0, 0.05) is 45.8 Å². The van der Waals surface area contributed by atoms with Gasteiger partial charge in [0.25, 0.3) is 0 Å². The number of piperidine rings is 1. The van der Waals surface area contributed by atoms with Gasteiger partial charge in [0.05, 0.1) is 29.8 Å². The van der Waals surface area contributed by atoms with Crippen molar-refractivity contribution in [1.29, 1.82) is 0 Å². The molecule has 6 heteroatoms. The molecule has 1 aromatic heterocycles. The van der Waals surface area contributed by atoms with Gasteiger partial charge in [0.1, 0.15) is 0 Å². The molecule has 0 radical (unpaired) electrons. The molecule has 0 aliphatic carbocycles. The number of carbonyl (C=O) groups excluding carboxylic acids is 1. The Balaban J connectivity index is 1.58. The monoisotopic (exact) mass is 367 g/mol. The fourth-order valence-electron chi connectivity index (χ4n) is 4.52. The molecule has 4 rings (SSSR count). The van der Waals surface area contributed by atoms with E-state index in [1.54, 1.807) is 4.90 Å². The van der Waals surface area contributed by atoms with Crippen LogP contribution in [0.3, 0.4) is 0 Å². The van der Waals surface area contributed by atoms with Crippen LogP contribution in [-0.2, 0) is 16.9 Å². The number of likely N-dealkylation sites (N-methyl/N-ethyl adjacent to an activating group) is 2. The second-order valence-electron chi connectivity index (χ2n) is 8.24. The highest BCUT2D eigenvalue weighted by atomic mass is 16.2. The number of fused-ring (bicyclic) bond motifs is 2. The first-order chi connectivity index (χ1) is 13.0. The van der Waals surface area contributed by atoms with Crippen LogP contribution in [0.1, 0.15) is 18.5 Å². The van der Waals surface area contributed by atoms with E-state index in [2.05, 4.69) is 45.7 Å². The zero-order chi connectivity index (χ0) is 19.0. The van der Waals surface area contributed by atoms with Crippen LogP contribution in [0.25, 0.3) is 11.3 Å². The summed E-state index contributed by atoms with van der Waals surface area (Å²) in [5.74, 6) is 0.182. The van der Waals surface area contributed by atoms with Crippen molar-refractivity contribution >= 4 is 5.91 Å². The van der Waals surface area contributed by atoms with E-state index in [9.17, 15) is 4.79 Å². The van der Waals surface area contributed by atoms with E-state index in [0.29, 0.717) is 6.54 Å². The molecule has 1 spiro atoms. The summed E-state index contributed by atoms with van der Waals surface area (Å²) in [6.07, 6.45) is 4.15. The SMILES string of the molecule is CN1Cc2c(-c3ccccc3)ncn2C2(CCN(CC(=O)N(C)C)CC2)C1. The average Bonchev–Trinajstić information content (AvgIpc) is 3.09. The second-order valence-corrected chi connectivity index (χ2v) is 8.24. The molecule has 27 heavy (non-hydrogen) atoms. The Kier molecular flexibility index (Phi) is 4.78. The Morgan fingerprint density at radius 3 is 2.56 bits per heavy atom. The lowest BCUT2D eigenvalue weighted by Crippen LogP contribution is -2.55. The van der Waals surface area contributed by atoms with Crippen molar-refractivity contribution in [3.63, 3.8) is 0 Å². The van der Waals surface area contributed by atoms with Crippen LogP contribution < -0.4 is 0 Å². The fraction of sp³-hybridized carbons (Fsp3) is 0.524. The Bertz CT molecular complexity index is 805. The van der Waals surface area contributed by atoms with Gasteiger partial charge >= 0.3 is 0 Å². The summed E-state index contributed by atoms with van der Waals surface area (Å²) >= 11 is 0. The van der Waals surface area contributed by atoms with Crippen molar-refractivity contribution in [3.8, 4) is 11.3 Å². The number of nitrogens with zero attached hydrogens (tertiary/aromatic N) is 5. The molecule has 0 unspecified atom stereocenters. The average molecular weight is 367 g/mol. The van der Waals surface area contributed by atoms with E-state index in [-0.39, 0.29) is 11.4 Å². The lowest BCUT2D eigenvalue weighted by Gasteiger charge is -2.48. The third-order valence-electron chi connectivity index (χ3n) is 6.05. The van der Waals surface area contributed by atoms with Crippen LogP contribution in [0.15, 0.2) is 36.7 Å². The predicted octanol–water partition coefficient (Wildman–Crippen LogP) is 1.87. The smallest absolute Gasteiger partial charge is 0.236 e. The molecular weight excluding hydrogens is 338 g/mol. The Labute approximate surface area is 161 Å². The molecule has 0 bridgehead atoms. The van der Waals surface area contributed by atoms with E-state index in [4.69, 9.17) is 4.98 Å². The number of benzene rings is 1. The molecule has 2 aliphatic heterocycles. The highest BCUT2D eigenvalue weighted by Crippen LogP contribution is 2.38. The number of hydrogen-bond donors (Lipinski definition) is 0. The molecule has 3 heterocycles. The number of hydrogen-bond acceptors (Lipinski definition) is 4.